The lowest BCUT2D eigenvalue weighted by molar-refractivity contribution is 0.219. The molecule has 0 aromatic heterocycles. The highest BCUT2D eigenvalue weighted by Crippen LogP contribution is 2.05. The van der Waals surface area contributed by atoms with Crippen LogP contribution in [0.3, 0.4) is 0 Å². The van der Waals surface area contributed by atoms with Gasteiger partial charge in [-0.15, -0.1) is 0 Å². The number of nitrogens with zero attached hydrogens (tertiary/aromatic N) is 1. The Hall–Kier alpha value is -1.71. The van der Waals surface area contributed by atoms with Crippen LogP contribution in [0.4, 0.5) is 10.5 Å². The van der Waals surface area contributed by atoms with Crippen molar-refractivity contribution in [3.05, 3.63) is 30.3 Å². The summed E-state index contributed by atoms with van der Waals surface area (Å²) in [5.74, 6) is 0. The highest BCUT2D eigenvalue weighted by Gasteiger charge is 2.03. The van der Waals surface area contributed by atoms with Crippen LogP contribution in [-0.4, -0.2) is 25.1 Å². The van der Waals surface area contributed by atoms with Crippen molar-refractivity contribution in [3.63, 3.8) is 0 Å². The van der Waals surface area contributed by atoms with E-state index in [-0.39, 0.29) is 6.03 Å². The Bertz CT molecular complexity index is 273. The molecule has 0 radical (unpaired) electrons. The first-order valence-corrected chi connectivity index (χ1v) is 4.01. The molecule has 1 aromatic rings. The Morgan fingerprint density at radius 2 is 1.92 bits per heavy atom. The van der Waals surface area contributed by atoms with Gasteiger partial charge in [-0.3, -0.25) is 5.43 Å². The summed E-state index contributed by atoms with van der Waals surface area (Å²) in [6.07, 6.45) is 0. The third-order valence-electron chi connectivity index (χ3n) is 1.59. The van der Waals surface area contributed by atoms with E-state index in [0.29, 0.717) is 0 Å². The maximum absolute atomic E-state index is 11.1. The zero-order chi connectivity index (χ0) is 9.68. The number of anilines is 1. The van der Waals surface area contributed by atoms with Crippen molar-refractivity contribution >= 4 is 11.7 Å². The predicted molar refractivity (Wildman–Crippen MR) is 52.3 cm³/mol. The van der Waals surface area contributed by atoms with Gasteiger partial charge >= 0.3 is 6.03 Å². The maximum atomic E-state index is 11.1. The first-order valence-electron chi connectivity index (χ1n) is 4.01. The highest BCUT2D eigenvalue weighted by atomic mass is 16.2. The van der Waals surface area contributed by atoms with Crippen molar-refractivity contribution < 1.29 is 4.79 Å². The summed E-state index contributed by atoms with van der Waals surface area (Å²) in [6, 6.07) is 9.33. The van der Waals surface area contributed by atoms with Crippen molar-refractivity contribution in [3.8, 4) is 0 Å². The number of hydrazine groups is 1. The Balaban J connectivity index is 2.55. The number of benzene rings is 1. The van der Waals surface area contributed by atoms with Gasteiger partial charge in [-0.1, -0.05) is 18.2 Å². The molecule has 0 atom stereocenters. The minimum Gasteiger partial charge on any atom is -0.340 e. The zero-order valence-electron chi connectivity index (χ0n) is 7.74. The number of urea groups is 1. The van der Waals surface area contributed by atoms with Crippen molar-refractivity contribution in [1.29, 1.82) is 0 Å². The zero-order valence-corrected chi connectivity index (χ0v) is 7.74. The van der Waals surface area contributed by atoms with Crippen LogP contribution in [0.1, 0.15) is 0 Å². The molecule has 0 bridgehead atoms. The Morgan fingerprint density at radius 1 is 1.31 bits per heavy atom. The van der Waals surface area contributed by atoms with Crippen LogP contribution >= 0.6 is 0 Å². The fraction of sp³-hybridized carbons (Fsp3) is 0.222. The van der Waals surface area contributed by atoms with E-state index in [0.717, 1.165) is 5.69 Å². The first kappa shape index (κ1) is 9.38. The molecular formula is C9H13N3O. The van der Waals surface area contributed by atoms with Crippen molar-refractivity contribution in [2.45, 2.75) is 0 Å². The first-order chi connectivity index (χ1) is 6.24. The molecule has 0 saturated carbocycles. The van der Waals surface area contributed by atoms with Crippen molar-refractivity contribution in [2.75, 3.05) is 19.5 Å². The van der Waals surface area contributed by atoms with E-state index in [1.807, 2.05) is 30.3 Å². The van der Waals surface area contributed by atoms with E-state index in [2.05, 4.69) is 10.7 Å². The number of rotatable bonds is 2. The number of amides is 2. The topological polar surface area (TPSA) is 44.4 Å². The number of hydrogen-bond donors (Lipinski definition) is 2. The van der Waals surface area contributed by atoms with Gasteiger partial charge in [0.2, 0.25) is 0 Å². The minimum atomic E-state index is -0.177. The van der Waals surface area contributed by atoms with Crippen LogP contribution in [0.25, 0.3) is 0 Å². The second-order valence-corrected chi connectivity index (χ2v) is 2.59. The molecule has 0 aliphatic rings. The Labute approximate surface area is 77.5 Å². The van der Waals surface area contributed by atoms with Crippen LogP contribution < -0.4 is 10.7 Å². The monoisotopic (exact) mass is 179 g/mol. The van der Waals surface area contributed by atoms with Gasteiger partial charge in [0.1, 0.15) is 0 Å². The van der Waals surface area contributed by atoms with Crippen LogP contribution in [-0.2, 0) is 0 Å². The summed E-state index contributed by atoms with van der Waals surface area (Å²) in [4.78, 5) is 11.1. The third kappa shape index (κ3) is 2.66. The van der Waals surface area contributed by atoms with Crippen LogP contribution in [0.5, 0.6) is 0 Å². The molecule has 4 heteroatoms. The number of nitrogens with one attached hydrogen (secondary N) is 2. The van der Waals surface area contributed by atoms with E-state index < -0.39 is 0 Å². The summed E-state index contributed by atoms with van der Waals surface area (Å²) in [7, 11) is 3.25. The molecule has 13 heavy (non-hydrogen) atoms. The molecular weight excluding hydrogens is 166 g/mol. The van der Waals surface area contributed by atoms with Gasteiger partial charge < -0.3 is 5.32 Å². The average Bonchev–Trinajstić information content (AvgIpc) is 2.18. The molecule has 1 rings (SSSR count). The fourth-order valence-electron chi connectivity index (χ4n) is 0.925. The lowest BCUT2D eigenvalue weighted by Gasteiger charge is -2.18. The summed E-state index contributed by atoms with van der Waals surface area (Å²) in [5, 5.41) is 3.89. The van der Waals surface area contributed by atoms with Gasteiger partial charge in [0.15, 0.2) is 0 Å². The lowest BCUT2D eigenvalue weighted by Crippen LogP contribution is -2.38. The van der Waals surface area contributed by atoms with Crippen molar-refractivity contribution in [1.82, 2.24) is 10.3 Å². The average molecular weight is 179 g/mol. The quantitative estimate of drug-likeness (QED) is 0.672. The van der Waals surface area contributed by atoms with Gasteiger partial charge in [0.25, 0.3) is 0 Å². The largest absolute Gasteiger partial charge is 0.340 e. The molecule has 1 aromatic carbocycles. The van der Waals surface area contributed by atoms with E-state index in [4.69, 9.17) is 0 Å². The predicted octanol–water partition coefficient (Wildman–Crippen LogP) is 1.28. The normalized spacial score (nSPS) is 9.08. The molecule has 0 aliphatic heterocycles. The molecule has 70 valence electrons. The second-order valence-electron chi connectivity index (χ2n) is 2.59. The van der Waals surface area contributed by atoms with Gasteiger partial charge in [-0.05, 0) is 12.1 Å². The molecule has 4 nitrogen and oxygen atoms in total. The van der Waals surface area contributed by atoms with Crippen LogP contribution in [0, 0.1) is 0 Å². The van der Waals surface area contributed by atoms with Crippen molar-refractivity contribution in [2.24, 2.45) is 0 Å². The van der Waals surface area contributed by atoms with E-state index >= 15 is 0 Å². The number of carbonyl (C=O) groups excluding carboxylic acids is 1. The van der Waals surface area contributed by atoms with Gasteiger partial charge in [-0.2, -0.15) is 0 Å². The SMILES string of the molecule is CNC(=O)N(C)Nc1ccccc1. The summed E-state index contributed by atoms with van der Waals surface area (Å²) >= 11 is 0. The lowest BCUT2D eigenvalue weighted by atomic mass is 10.3. The Kier molecular flexibility index (Phi) is 3.14. The summed E-state index contributed by atoms with van der Waals surface area (Å²) in [5.41, 5.74) is 3.80. The molecule has 0 saturated heterocycles. The van der Waals surface area contributed by atoms with E-state index in [1.165, 1.54) is 5.01 Å². The Morgan fingerprint density at radius 3 is 2.46 bits per heavy atom. The summed E-state index contributed by atoms with van der Waals surface area (Å²) in [6.45, 7) is 0. The molecule has 0 heterocycles. The van der Waals surface area contributed by atoms with Gasteiger partial charge in [0, 0.05) is 14.1 Å². The smallest absolute Gasteiger partial charge is 0.335 e. The van der Waals surface area contributed by atoms with Crippen LogP contribution in [0.2, 0.25) is 0 Å². The second kappa shape index (κ2) is 4.35. The van der Waals surface area contributed by atoms with E-state index in [9.17, 15) is 4.79 Å². The molecule has 0 fully saturated rings. The number of carbonyl (C=O) groups is 1. The van der Waals surface area contributed by atoms with Crippen LogP contribution in [0.15, 0.2) is 30.3 Å². The molecule has 2 N–H and O–H groups in total. The molecule has 0 aliphatic carbocycles. The highest BCUT2D eigenvalue weighted by molar-refractivity contribution is 5.75. The molecule has 0 spiro atoms. The number of para-hydroxylation sites is 1. The third-order valence-corrected chi connectivity index (χ3v) is 1.59. The maximum Gasteiger partial charge on any atom is 0.335 e. The molecule has 2 amide bonds. The fourth-order valence-corrected chi connectivity index (χ4v) is 0.925. The summed E-state index contributed by atoms with van der Waals surface area (Å²) < 4.78 is 0. The van der Waals surface area contributed by atoms with E-state index in [1.54, 1.807) is 14.1 Å². The minimum absolute atomic E-state index is 0.177. The van der Waals surface area contributed by atoms with Gasteiger partial charge in [0.05, 0.1) is 5.69 Å². The van der Waals surface area contributed by atoms with Gasteiger partial charge in [-0.25, -0.2) is 9.80 Å². The number of hydrogen-bond acceptors (Lipinski definition) is 2. The standard InChI is InChI=1S/C9H13N3O/c1-10-9(13)12(2)11-8-6-4-3-5-7-8/h3-7,11H,1-2H3,(H,10,13). The molecule has 0 unspecified atom stereocenters.